The van der Waals surface area contributed by atoms with E-state index in [9.17, 15) is 4.79 Å². The summed E-state index contributed by atoms with van der Waals surface area (Å²) in [6.45, 7) is 5.19. The van der Waals surface area contributed by atoms with Gasteiger partial charge in [-0.15, -0.1) is 10.2 Å². The number of nitrogens with one attached hydrogen (secondary N) is 2. The maximum atomic E-state index is 11.8. The normalized spacial score (nSPS) is 23.0. The smallest absolute Gasteiger partial charge is 0.315 e. The Kier molecular flexibility index (Phi) is 6.18. The lowest BCUT2D eigenvalue weighted by Crippen LogP contribution is -2.40. The molecule has 1 aliphatic carbocycles. The summed E-state index contributed by atoms with van der Waals surface area (Å²) in [6, 6.07) is -0.400. The Balaban J connectivity index is 1.62. The number of aryl methyl sites for hydroxylation is 1. The molecule has 124 valence electrons. The van der Waals surface area contributed by atoms with Gasteiger partial charge < -0.3 is 19.9 Å². The number of carbonyl (C=O) groups excluding carboxylic acids is 1. The van der Waals surface area contributed by atoms with Crippen molar-refractivity contribution in [3.8, 4) is 0 Å². The third kappa shape index (κ3) is 4.69. The molecule has 0 spiro atoms. The minimum Gasteiger partial charge on any atom is -0.376 e. The van der Waals surface area contributed by atoms with Gasteiger partial charge >= 0.3 is 6.03 Å². The highest BCUT2D eigenvalue weighted by Crippen LogP contribution is 2.25. The monoisotopic (exact) mass is 309 g/mol. The van der Waals surface area contributed by atoms with Gasteiger partial charge in [-0.2, -0.15) is 0 Å². The average molecular weight is 309 g/mol. The van der Waals surface area contributed by atoms with Gasteiger partial charge in [0.05, 0.1) is 18.8 Å². The first-order valence-corrected chi connectivity index (χ1v) is 8.07. The van der Waals surface area contributed by atoms with Crippen molar-refractivity contribution in [1.82, 2.24) is 25.4 Å². The molecule has 7 nitrogen and oxygen atoms in total. The van der Waals surface area contributed by atoms with Crippen LogP contribution in [0.3, 0.4) is 0 Å². The van der Waals surface area contributed by atoms with Crippen LogP contribution in [-0.4, -0.2) is 40.1 Å². The molecule has 0 aromatic carbocycles. The summed E-state index contributed by atoms with van der Waals surface area (Å²) >= 11 is 0. The Bertz CT molecular complexity index is 476. The fourth-order valence-corrected chi connectivity index (χ4v) is 2.90. The van der Waals surface area contributed by atoms with E-state index in [4.69, 9.17) is 4.74 Å². The lowest BCUT2D eigenvalue weighted by molar-refractivity contribution is -0.00244. The molecule has 0 radical (unpaired) electrons. The van der Waals surface area contributed by atoms with Gasteiger partial charge in [-0.1, -0.05) is 19.8 Å². The number of rotatable bonds is 6. The Hall–Kier alpha value is -1.63. The first-order chi connectivity index (χ1) is 10.6. The summed E-state index contributed by atoms with van der Waals surface area (Å²) in [7, 11) is 1.85. The van der Waals surface area contributed by atoms with E-state index < -0.39 is 0 Å². The highest BCUT2D eigenvalue weighted by Gasteiger charge is 2.21. The van der Waals surface area contributed by atoms with E-state index in [2.05, 4.69) is 27.8 Å². The minimum absolute atomic E-state index is 0.188. The quantitative estimate of drug-likeness (QED) is 0.785. The van der Waals surface area contributed by atoms with E-state index in [0.29, 0.717) is 25.2 Å². The summed E-state index contributed by atoms with van der Waals surface area (Å²) in [5.41, 5.74) is 0. The van der Waals surface area contributed by atoms with Crippen molar-refractivity contribution in [3.63, 3.8) is 0 Å². The fraction of sp³-hybridized carbons (Fsp3) is 0.800. The fourth-order valence-electron chi connectivity index (χ4n) is 2.90. The molecule has 1 saturated carbocycles. The van der Waals surface area contributed by atoms with Crippen molar-refractivity contribution >= 4 is 6.03 Å². The molecule has 2 N–H and O–H groups in total. The lowest BCUT2D eigenvalue weighted by Gasteiger charge is -2.28. The molecule has 1 heterocycles. The molecule has 0 unspecified atom stereocenters. The van der Waals surface area contributed by atoms with Crippen LogP contribution in [0.2, 0.25) is 0 Å². The molecule has 3 atom stereocenters. The van der Waals surface area contributed by atoms with E-state index in [-0.39, 0.29) is 12.1 Å². The molecule has 2 amide bonds. The Morgan fingerprint density at radius 3 is 2.95 bits per heavy atom. The molecule has 0 bridgehead atoms. The van der Waals surface area contributed by atoms with E-state index in [1.165, 1.54) is 19.3 Å². The zero-order chi connectivity index (χ0) is 15.9. The number of urea groups is 1. The van der Waals surface area contributed by atoms with Crippen LogP contribution < -0.4 is 10.6 Å². The second kappa shape index (κ2) is 8.12. The highest BCUT2D eigenvalue weighted by molar-refractivity contribution is 5.74. The molecule has 0 aliphatic heterocycles. The maximum Gasteiger partial charge on any atom is 0.315 e. The van der Waals surface area contributed by atoms with E-state index >= 15 is 0 Å². The number of ether oxygens (including phenoxy) is 1. The van der Waals surface area contributed by atoms with Gasteiger partial charge in [-0.05, 0) is 25.7 Å². The predicted octanol–water partition coefficient (Wildman–Crippen LogP) is 1.77. The molecule has 22 heavy (non-hydrogen) atoms. The lowest BCUT2D eigenvalue weighted by atomic mass is 9.88. The van der Waals surface area contributed by atoms with Crippen LogP contribution in [-0.2, 0) is 11.8 Å². The van der Waals surface area contributed by atoms with Gasteiger partial charge in [0.2, 0.25) is 0 Å². The number of carbonyl (C=O) groups is 1. The molecule has 0 saturated heterocycles. The number of hydrogen-bond acceptors (Lipinski definition) is 4. The van der Waals surface area contributed by atoms with Gasteiger partial charge in [-0.25, -0.2) is 4.79 Å². The maximum absolute atomic E-state index is 11.8. The molecule has 2 rings (SSSR count). The van der Waals surface area contributed by atoms with Crippen molar-refractivity contribution in [1.29, 1.82) is 0 Å². The van der Waals surface area contributed by atoms with Gasteiger partial charge in [0.1, 0.15) is 6.33 Å². The number of amides is 2. The van der Waals surface area contributed by atoms with Crippen molar-refractivity contribution in [2.75, 3.05) is 13.2 Å². The van der Waals surface area contributed by atoms with Crippen LogP contribution in [0.15, 0.2) is 6.33 Å². The summed E-state index contributed by atoms with van der Waals surface area (Å²) in [4.78, 5) is 11.8. The highest BCUT2D eigenvalue weighted by atomic mass is 16.5. The molecular formula is C15H27N5O2. The number of aromatic nitrogens is 3. The zero-order valence-corrected chi connectivity index (χ0v) is 13.7. The SMILES string of the molecule is C[C@H](NC(=O)NCCO[C@H]1CCCC[C@H]1C)c1nncn1C. The first-order valence-electron chi connectivity index (χ1n) is 8.07. The van der Waals surface area contributed by atoms with Gasteiger partial charge in [0.15, 0.2) is 5.82 Å². The van der Waals surface area contributed by atoms with Crippen molar-refractivity contribution < 1.29 is 9.53 Å². The Morgan fingerprint density at radius 1 is 1.50 bits per heavy atom. The van der Waals surface area contributed by atoms with Crippen LogP contribution in [0, 0.1) is 5.92 Å². The second-order valence-electron chi connectivity index (χ2n) is 6.09. The van der Waals surface area contributed by atoms with Crippen LogP contribution in [0.1, 0.15) is 51.4 Å². The van der Waals surface area contributed by atoms with E-state index in [1.807, 2.05) is 14.0 Å². The van der Waals surface area contributed by atoms with Crippen LogP contribution >= 0.6 is 0 Å². The first kappa shape index (κ1) is 16.7. The van der Waals surface area contributed by atoms with Crippen LogP contribution in [0.5, 0.6) is 0 Å². The molecule has 1 aromatic heterocycles. The predicted molar refractivity (Wildman–Crippen MR) is 83.3 cm³/mol. The summed E-state index contributed by atoms with van der Waals surface area (Å²) < 4.78 is 7.66. The van der Waals surface area contributed by atoms with Crippen molar-refractivity contribution in [2.24, 2.45) is 13.0 Å². The Morgan fingerprint density at radius 2 is 2.27 bits per heavy atom. The van der Waals surface area contributed by atoms with Gasteiger partial charge in [-0.3, -0.25) is 0 Å². The zero-order valence-electron chi connectivity index (χ0n) is 13.7. The Labute approximate surface area is 131 Å². The molecule has 1 fully saturated rings. The van der Waals surface area contributed by atoms with Crippen LogP contribution in [0.4, 0.5) is 4.79 Å². The average Bonchev–Trinajstić information content (AvgIpc) is 2.91. The molecular weight excluding hydrogens is 282 g/mol. The number of hydrogen-bond donors (Lipinski definition) is 2. The third-order valence-electron chi connectivity index (χ3n) is 4.23. The largest absolute Gasteiger partial charge is 0.376 e. The molecule has 7 heteroatoms. The summed E-state index contributed by atoms with van der Waals surface area (Å²) in [5.74, 6) is 1.35. The summed E-state index contributed by atoms with van der Waals surface area (Å²) in [5, 5.41) is 13.4. The molecule has 1 aromatic rings. The van der Waals surface area contributed by atoms with Crippen LogP contribution in [0.25, 0.3) is 0 Å². The van der Waals surface area contributed by atoms with E-state index in [0.717, 1.165) is 12.2 Å². The summed E-state index contributed by atoms with van der Waals surface area (Å²) in [6.07, 6.45) is 6.89. The van der Waals surface area contributed by atoms with Crippen molar-refractivity contribution in [2.45, 2.75) is 51.7 Å². The minimum atomic E-state index is -0.212. The van der Waals surface area contributed by atoms with Crippen molar-refractivity contribution in [3.05, 3.63) is 12.2 Å². The standard InChI is InChI=1S/C15H27N5O2/c1-11-6-4-5-7-13(11)22-9-8-16-15(21)18-12(2)14-19-17-10-20(14)3/h10-13H,4-9H2,1-3H3,(H2,16,18,21)/t11-,12+,13+/m1/s1. The van der Waals surface area contributed by atoms with E-state index in [1.54, 1.807) is 10.9 Å². The van der Waals surface area contributed by atoms with Gasteiger partial charge in [0.25, 0.3) is 0 Å². The van der Waals surface area contributed by atoms with Gasteiger partial charge in [0, 0.05) is 13.6 Å². The second-order valence-corrected chi connectivity index (χ2v) is 6.09. The topological polar surface area (TPSA) is 81.1 Å². The third-order valence-corrected chi connectivity index (χ3v) is 4.23. The molecule has 1 aliphatic rings. The number of nitrogens with zero attached hydrogens (tertiary/aromatic N) is 3.